The van der Waals surface area contributed by atoms with Crippen LogP contribution < -0.4 is 0 Å². The van der Waals surface area contributed by atoms with Crippen molar-refractivity contribution in [1.82, 2.24) is 19.7 Å². The Morgan fingerprint density at radius 1 is 1.44 bits per heavy atom. The van der Waals surface area contributed by atoms with Crippen LogP contribution in [0, 0.1) is 0 Å². The summed E-state index contributed by atoms with van der Waals surface area (Å²) in [7, 11) is 0. The molecule has 0 aliphatic rings. The Hall–Kier alpha value is -2.24. The first kappa shape index (κ1) is 10.3. The lowest BCUT2D eigenvalue weighted by molar-refractivity contribution is 0.0519. The molecule has 0 fully saturated rings. The third kappa shape index (κ3) is 2.05. The normalized spacial score (nSPS) is 10.1. The first-order chi connectivity index (χ1) is 7.81. The molecule has 0 saturated heterocycles. The minimum atomic E-state index is -0.447. The Morgan fingerprint density at radius 2 is 2.19 bits per heavy atom. The monoisotopic (exact) mass is 218 g/mol. The molecular weight excluding hydrogens is 208 g/mol. The smallest absolute Gasteiger partial charge is 0.358 e. The van der Waals surface area contributed by atoms with Crippen LogP contribution >= 0.6 is 0 Å². The molecule has 0 spiro atoms. The van der Waals surface area contributed by atoms with E-state index in [0.717, 1.165) is 0 Å². The zero-order valence-corrected chi connectivity index (χ0v) is 8.70. The molecule has 2 heterocycles. The molecule has 6 nitrogen and oxygen atoms in total. The van der Waals surface area contributed by atoms with E-state index in [0.29, 0.717) is 12.6 Å². The van der Waals surface area contributed by atoms with E-state index in [1.165, 1.54) is 4.68 Å². The van der Waals surface area contributed by atoms with Gasteiger partial charge in [-0.15, -0.1) is 0 Å². The summed E-state index contributed by atoms with van der Waals surface area (Å²) in [5, 5.41) is 4.02. The predicted molar refractivity (Wildman–Crippen MR) is 55.1 cm³/mol. The first-order valence-electron chi connectivity index (χ1n) is 4.81. The second-order valence-corrected chi connectivity index (χ2v) is 2.91. The number of ether oxygens (including phenoxy) is 1. The lowest BCUT2D eigenvalue weighted by Crippen LogP contribution is -2.07. The van der Waals surface area contributed by atoms with Gasteiger partial charge in [-0.3, -0.25) is 0 Å². The van der Waals surface area contributed by atoms with Crippen LogP contribution in [0.3, 0.4) is 0 Å². The maximum atomic E-state index is 11.4. The largest absolute Gasteiger partial charge is 0.461 e. The molecule has 0 bridgehead atoms. The van der Waals surface area contributed by atoms with Crippen LogP contribution in [0.1, 0.15) is 17.4 Å². The van der Waals surface area contributed by atoms with Crippen LogP contribution in [0.25, 0.3) is 5.95 Å². The average Bonchev–Trinajstić information content (AvgIpc) is 2.80. The highest BCUT2D eigenvalue weighted by Crippen LogP contribution is 2.02. The lowest BCUT2D eigenvalue weighted by Gasteiger charge is -1.98. The molecule has 82 valence electrons. The number of hydrogen-bond acceptors (Lipinski definition) is 5. The van der Waals surface area contributed by atoms with Crippen LogP contribution in [0.15, 0.2) is 30.7 Å². The third-order valence-corrected chi connectivity index (χ3v) is 1.83. The Bertz CT molecular complexity index is 481. The Morgan fingerprint density at radius 3 is 2.88 bits per heavy atom. The van der Waals surface area contributed by atoms with E-state index in [9.17, 15) is 4.79 Å². The van der Waals surface area contributed by atoms with E-state index in [1.54, 1.807) is 37.6 Å². The predicted octanol–water partition coefficient (Wildman–Crippen LogP) is 0.839. The van der Waals surface area contributed by atoms with Gasteiger partial charge in [0.05, 0.1) is 6.61 Å². The summed E-state index contributed by atoms with van der Waals surface area (Å²) in [5.41, 5.74) is 0.245. The van der Waals surface area contributed by atoms with Crippen LogP contribution in [0.4, 0.5) is 0 Å². The maximum Gasteiger partial charge on any atom is 0.358 e. The van der Waals surface area contributed by atoms with E-state index < -0.39 is 5.97 Å². The Kier molecular flexibility index (Phi) is 2.90. The van der Waals surface area contributed by atoms with Crippen molar-refractivity contribution in [2.75, 3.05) is 6.61 Å². The van der Waals surface area contributed by atoms with Gasteiger partial charge in [0, 0.05) is 18.6 Å². The maximum absolute atomic E-state index is 11.4. The fourth-order valence-corrected chi connectivity index (χ4v) is 1.16. The molecule has 16 heavy (non-hydrogen) atoms. The van der Waals surface area contributed by atoms with Crippen molar-refractivity contribution in [1.29, 1.82) is 0 Å². The molecule has 0 amide bonds. The molecule has 0 aliphatic carbocycles. The van der Waals surface area contributed by atoms with Crippen LogP contribution in [0.2, 0.25) is 0 Å². The average molecular weight is 218 g/mol. The quantitative estimate of drug-likeness (QED) is 0.714. The van der Waals surface area contributed by atoms with Crippen molar-refractivity contribution < 1.29 is 9.53 Å². The minimum absolute atomic E-state index is 0.245. The molecule has 0 aromatic carbocycles. The zero-order chi connectivity index (χ0) is 11.4. The number of esters is 1. The molecule has 2 aromatic rings. The molecule has 0 atom stereocenters. The minimum Gasteiger partial charge on any atom is -0.461 e. The number of aromatic nitrogens is 4. The van der Waals surface area contributed by atoms with Gasteiger partial charge < -0.3 is 4.74 Å². The number of hydrogen-bond donors (Lipinski definition) is 0. The van der Waals surface area contributed by atoms with Crippen molar-refractivity contribution in [2.45, 2.75) is 6.92 Å². The number of nitrogens with zero attached hydrogens (tertiary/aromatic N) is 4. The number of rotatable bonds is 3. The summed E-state index contributed by atoms with van der Waals surface area (Å²) in [4.78, 5) is 19.4. The highest BCUT2D eigenvalue weighted by atomic mass is 16.5. The molecule has 0 saturated carbocycles. The van der Waals surface area contributed by atoms with E-state index in [-0.39, 0.29) is 5.69 Å². The summed E-state index contributed by atoms with van der Waals surface area (Å²) < 4.78 is 6.24. The Balaban J connectivity index is 2.23. The highest BCUT2D eigenvalue weighted by molar-refractivity contribution is 5.87. The zero-order valence-electron chi connectivity index (χ0n) is 8.70. The third-order valence-electron chi connectivity index (χ3n) is 1.83. The van der Waals surface area contributed by atoms with Crippen molar-refractivity contribution >= 4 is 5.97 Å². The van der Waals surface area contributed by atoms with Gasteiger partial charge in [-0.25, -0.2) is 19.4 Å². The van der Waals surface area contributed by atoms with Gasteiger partial charge in [0.15, 0.2) is 5.69 Å². The molecule has 6 heteroatoms. The molecule has 0 radical (unpaired) electrons. The van der Waals surface area contributed by atoms with Crippen molar-refractivity contribution in [3.8, 4) is 5.95 Å². The summed E-state index contributed by atoms with van der Waals surface area (Å²) in [6, 6.07) is 3.27. The molecule has 0 N–H and O–H groups in total. The SMILES string of the molecule is CCOC(=O)c1ccn(-c2ncccn2)n1. The van der Waals surface area contributed by atoms with Gasteiger partial charge >= 0.3 is 5.97 Å². The molecule has 0 unspecified atom stereocenters. The van der Waals surface area contributed by atoms with Gasteiger partial charge in [-0.2, -0.15) is 5.10 Å². The highest BCUT2D eigenvalue weighted by Gasteiger charge is 2.11. The van der Waals surface area contributed by atoms with Crippen LogP contribution in [-0.2, 0) is 4.74 Å². The van der Waals surface area contributed by atoms with Gasteiger partial charge in [0.1, 0.15) is 0 Å². The molecule has 2 rings (SSSR count). The van der Waals surface area contributed by atoms with Gasteiger partial charge in [-0.05, 0) is 19.1 Å². The summed E-state index contributed by atoms with van der Waals surface area (Å²) in [6.07, 6.45) is 4.82. The lowest BCUT2D eigenvalue weighted by atomic mass is 10.4. The van der Waals surface area contributed by atoms with Crippen molar-refractivity contribution in [2.24, 2.45) is 0 Å². The Labute approximate surface area is 91.9 Å². The van der Waals surface area contributed by atoms with Gasteiger partial charge in [0.2, 0.25) is 5.95 Å². The summed E-state index contributed by atoms with van der Waals surface area (Å²) in [5.74, 6) is -0.0322. The van der Waals surface area contributed by atoms with Crippen molar-refractivity contribution in [3.63, 3.8) is 0 Å². The van der Waals surface area contributed by atoms with E-state index in [2.05, 4.69) is 15.1 Å². The topological polar surface area (TPSA) is 69.9 Å². The van der Waals surface area contributed by atoms with Gasteiger partial charge in [-0.1, -0.05) is 0 Å². The summed E-state index contributed by atoms with van der Waals surface area (Å²) >= 11 is 0. The van der Waals surface area contributed by atoms with E-state index >= 15 is 0 Å². The number of carbonyl (C=O) groups is 1. The first-order valence-corrected chi connectivity index (χ1v) is 4.81. The van der Waals surface area contributed by atoms with Gasteiger partial charge in [0.25, 0.3) is 0 Å². The molecule has 2 aromatic heterocycles. The second-order valence-electron chi connectivity index (χ2n) is 2.91. The summed E-state index contributed by atoms with van der Waals surface area (Å²) in [6.45, 7) is 2.07. The van der Waals surface area contributed by atoms with Crippen LogP contribution in [-0.4, -0.2) is 32.3 Å². The van der Waals surface area contributed by atoms with Crippen LogP contribution in [0.5, 0.6) is 0 Å². The fourth-order valence-electron chi connectivity index (χ4n) is 1.16. The fraction of sp³-hybridized carbons (Fsp3) is 0.200. The molecule has 0 aliphatic heterocycles. The van der Waals surface area contributed by atoms with E-state index in [4.69, 9.17) is 4.74 Å². The molecular formula is C10H10N4O2. The van der Waals surface area contributed by atoms with E-state index in [1.807, 2.05) is 0 Å². The standard InChI is InChI=1S/C10H10N4O2/c1-2-16-9(15)8-4-7-14(13-8)10-11-5-3-6-12-10/h3-7H,2H2,1H3. The van der Waals surface area contributed by atoms with Crippen molar-refractivity contribution in [3.05, 3.63) is 36.4 Å². The second kappa shape index (κ2) is 4.52. The number of carbonyl (C=O) groups excluding carboxylic acids is 1.